The van der Waals surface area contributed by atoms with E-state index in [0.717, 1.165) is 16.0 Å². The van der Waals surface area contributed by atoms with Crippen molar-refractivity contribution in [1.82, 2.24) is 10.6 Å². The van der Waals surface area contributed by atoms with Crippen molar-refractivity contribution >= 4 is 29.3 Å². The van der Waals surface area contributed by atoms with Crippen LogP contribution in [0.3, 0.4) is 0 Å². The van der Waals surface area contributed by atoms with Gasteiger partial charge < -0.3 is 20.5 Å². The van der Waals surface area contributed by atoms with Gasteiger partial charge in [0, 0.05) is 22.8 Å². The summed E-state index contributed by atoms with van der Waals surface area (Å²) in [4.78, 5) is 37.1. The Morgan fingerprint density at radius 3 is 2.23 bits per heavy atom. The molecule has 0 aliphatic heterocycles. The summed E-state index contributed by atoms with van der Waals surface area (Å²) in [5.41, 5.74) is 4.66. The van der Waals surface area contributed by atoms with E-state index >= 15 is 0 Å². The lowest BCUT2D eigenvalue weighted by Crippen LogP contribution is -2.50. The van der Waals surface area contributed by atoms with Gasteiger partial charge in [-0.2, -0.15) is 0 Å². The van der Waals surface area contributed by atoms with Gasteiger partial charge in [-0.1, -0.05) is 54.6 Å². The van der Waals surface area contributed by atoms with Crippen LogP contribution in [0.4, 0.5) is 4.79 Å². The first-order valence-corrected chi connectivity index (χ1v) is 12.5. The van der Waals surface area contributed by atoms with Crippen molar-refractivity contribution in [2.24, 2.45) is 5.92 Å². The normalized spacial score (nSPS) is 19.1. The van der Waals surface area contributed by atoms with E-state index in [2.05, 4.69) is 34.9 Å². The maximum atomic E-state index is 12.6. The van der Waals surface area contributed by atoms with Crippen LogP contribution in [-0.2, 0) is 14.3 Å². The number of carbonyl (C=O) groups excluding carboxylic acids is 2. The number of amides is 2. The summed E-state index contributed by atoms with van der Waals surface area (Å²) in [6, 6.07) is 19.3. The van der Waals surface area contributed by atoms with Crippen molar-refractivity contribution in [3.8, 4) is 11.1 Å². The van der Waals surface area contributed by atoms with Gasteiger partial charge >= 0.3 is 12.1 Å². The molecule has 0 spiro atoms. The molecule has 3 N–H and O–H groups in total. The molecule has 2 aromatic carbocycles. The zero-order chi connectivity index (χ0) is 24.4. The van der Waals surface area contributed by atoms with Crippen molar-refractivity contribution < 1.29 is 24.2 Å². The maximum absolute atomic E-state index is 12.6. The molecule has 1 unspecified atom stereocenters. The molecule has 180 valence electrons. The Kier molecular flexibility index (Phi) is 6.55. The standard InChI is InChI=1S/C27H26N2O5S/c30-25(31)14-23(24-10-5-11-35-24)29-26(32)16-12-17(13-16)28-27(33)34-15-22-20-8-3-1-6-18(20)19-7-2-4-9-21(19)22/h1-11,16-17,22-23H,12-15H2,(H,28,33)(H,29,32)(H,30,31). The van der Waals surface area contributed by atoms with E-state index in [9.17, 15) is 19.5 Å². The largest absolute Gasteiger partial charge is 0.481 e. The minimum absolute atomic E-state index is 0.00325. The molecular weight excluding hydrogens is 464 g/mol. The van der Waals surface area contributed by atoms with Gasteiger partial charge in [-0.05, 0) is 46.5 Å². The number of fused-ring (bicyclic) bond motifs is 3. The third-order valence-corrected chi connectivity index (χ3v) is 7.74. The van der Waals surface area contributed by atoms with E-state index in [1.54, 1.807) is 0 Å². The number of hydrogen-bond donors (Lipinski definition) is 3. The number of carboxylic acids is 1. The first-order chi connectivity index (χ1) is 17.0. The van der Waals surface area contributed by atoms with Crippen LogP contribution in [0.5, 0.6) is 0 Å². The number of nitrogens with one attached hydrogen (secondary N) is 2. The fraction of sp³-hybridized carbons (Fsp3) is 0.296. The van der Waals surface area contributed by atoms with Gasteiger partial charge in [0.05, 0.1) is 12.5 Å². The highest BCUT2D eigenvalue weighted by atomic mass is 32.1. The highest BCUT2D eigenvalue weighted by Crippen LogP contribution is 2.44. The van der Waals surface area contributed by atoms with Crippen molar-refractivity contribution in [3.05, 3.63) is 82.0 Å². The zero-order valence-electron chi connectivity index (χ0n) is 19.0. The summed E-state index contributed by atoms with van der Waals surface area (Å²) in [6.07, 6.45) is 0.346. The smallest absolute Gasteiger partial charge is 0.407 e. The van der Waals surface area contributed by atoms with Crippen LogP contribution in [0.25, 0.3) is 11.1 Å². The van der Waals surface area contributed by atoms with E-state index in [1.807, 2.05) is 41.8 Å². The number of carboxylic acid groups (broad SMARTS) is 1. The van der Waals surface area contributed by atoms with Crippen LogP contribution < -0.4 is 10.6 Å². The Hall–Kier alpha value is -3.65. The molecule has 2 aliphatic carbocycles. The molecule has 0 saturated heterocycles. The van der Waals surface area contributed by atoms with Crippen molar-refractivity contribution in [2.75, 3.05) is 6.61 Å². The van der Waals surface area contributed by atoms with Crippen LogP contribution in [0.15, 0.2) is 66.0 Å². The summed E-state index contributed by atoms with van der Waals surface area (Å²) in [5, 5.41) is 16.7. The van der Waals surface area contributed by atoms with Crippen LogP contribution >= 0.6 is 11.3 Å². The van der Waals surface area contributed by atoms with E-state index in [4.69, 9.17) is 4.74 Å². The third kappa shape index (κ3) is 4.93. The molecule has 0 radical (unpaired) electrons. The van der Waals surface area contributed by atoms with Gasteiger partial charge in [0.15, 0.2) is 0 Å². The number of ether oxygens (including phenoxy) is 1. The van der Waals surface area contributed by atoms with E-state index in [-0.39, 0.29) is 36.8 Å². The molecule has 7 nitrogen and oxygen atoms in total. The Balaban J connectivity index is 1.11. The van der Waals surface area contributed by atoms with Gasteiger partial charge in [-0.3, -0.25) is 9.59 Å². The molecule has 2 aliphatic rings. The number of rotatable bonds is 8. The summed E-state index contributed by atoms with van der Waals surface area (Å²) >= 11 is 1.42. The molecule has 5 rings (SSSR count). The van der Waals surface area contributed by atoms with Gasteiger partial charge in [-0.25, -0.2) is 4.79 Å². The van der Waals surface area contributed by atoms with E-state index in [0.29, 0.717) is 12.8 Å². The second kappa shape index (κ2) is 9.92. The van der Waals surface area contributed by atoms with Crippen LogP contribution in [-0.4, -0.2) is 35.7 Å². The first-order valence-electron chi connectivity index (χ1n) is 11.7. The molecule has 0 bridgehead atoms. The predicted molar refractivity (Wildman–Crippen MR) is 132 cm³/mol. The summed E-state index contributed by atoms with van der Waals surface area (Å²) in [5.74, 6) is -1.41. The lowest BCUT2D eigenvalue weighted by Gasteiger charge is -2.35. The summed E-state index contributed by atoms with van der Waals surface area (Å²) < 4.78 is 5.58. The third-order valence-electron chi connectivity index (χ3n) is 6.76. The Bertz CT molecular complexity index is 1190. The quantitative estimate of drug-likeness (QED) is 0.425. The number of hydrogen-bond acceptors (Lipinski definition) is 5. The highest BCUT2D eigenvalue weighted by Gasteiger charge is 2.37. The number of alkyl carbamates (subject to hydrolysis) is 1. The number of carbonyl (C=O) groups is 3. The Morgan fingerprint density at radius 1 is 0.971 bits per heavy atom. The maximum Gasteiger partial charge on any atom is 0.407 e. The van der Waals surface area contributed by atoms with Crippen molar-refractivity contribution in [3.63, 3.8) is 0 Å². The lowest BCUT2D eigenvalue weighted by atomic mass is 9.79. The molecule has 8 heteroatoms. The molecular formula is C27H26N2O5S. The van der Waals surface area contributed by atoms with Gasteiger partial charge in [-0.15, -0.1) is 11.3 Å². The minimum Gasteiger partial charge on any atom is -0.481 e. The highest BCUT2D eigenvalue weighted by molar-refractivity contribution is 7.10. The lowest BCUT2D eigenvalue weighted by molar-refractivity contribution is -0.138. The molecule has 1 aromatic heterocycles. The van der Waals surface area contributed by atoms with Crippen molar-refractivity contribution in [1.29, 1.82) is 0 Å². The number of thiophene rings is 1. The van der Waals surface area contributed by atoms with Gasteiger partial charge in [0.2, 0.25) is 5.91 Å². The van der Waals surface area contributed by atoms with Crippen LogP contribution in [0.1, 0.15) is 47.2 Å². The molecule has 1 heterocycles. The zero-order valence-corrected chi connectivity index (χ0v) is 19.8. The van der Waals surface area contributed by atoms with Gasteiger partial charge in [0.1, 0.15) is 6.61 Å². The Morgan fingerprint density at radius 2 is 1.63 bits per heavy atom. The number of benzene rings is 2. The van der Waals surface area contributed by atoms with Crippen LogP contribution in [0.2, 0.25) is 0 Å². The second-order valence-electron chi connectivity index (χ2n) is 9.01. The molecule has 1 atom stereocenters. The average Bonchev–Trinajstić information content (AvgIpc) is 3.46. The first kappa shape index (κ1) is 23.1. The molecule has 35 heavy (non-hydrogen) atoms. The molecule has 1 saturated carbocycles. The summed E-state index contributed by atoms with van der Waals surface area (Å²) in [6.45, 7) is 0.244. The van der Waals surface area contributed by atoms with Crippen LogP contribution in [0, 0.1) is 5.92 Å². The van der Waals surface area contributed by atoms with E-state index in [1.165, 1.54) is 22.5 Å². The van der Waals surface area contributed by atoms with Gasteiger partial charge in [0.25, 0.3) is 0 Å². The fourth-order valence-corrected chi connectivity index (χ4v) is 5.71. The molecule has 3 aromatic rings. The predicted octanol–water partition coefficient (Wildman–Crippen LogP) is 4.70. The number of aliphatic carboxylic acids is 1. The van der Waals surface area contributed by atoms with Crippen molar-refractivity contribution in [2.45, 2.75) is 37.3 Å². The molecule has 2 amide bonds. The monoisotopic (exact) mass is 490 g/mol. The topological polar surface area (TPSA) is 105 Å². The SMILES string of the molecule is O=C(O)CC(NC(=O)C1CC(NC(=O)OCC2c3ccccc3-c3ccccc32)C1)c1cccs1. The summed E-state index contributed by atoms with van der Waals surface area (Å²) in [7, 11) is 0. The van der Waals surface area contributed by atoms with E-state index < -0.39 is 18.1 Å². The average molecular weight is 491 g/mol. The second-order valence-corrected chi connectivity index (χ2v) is 9.99. The Labute approximate surface area is 207 Å². The molecule has 1 fully saturated rings. The minimum atomic E-state index is -0.966. The fourth-order valence-electron chi connectivity index (χ4n) is 4.93.